The Bertz CT molecular complexity index is 1050. The Morgan fingerprint density at radius 3 is 2.50 bits per heavy atom. The minimum atomic E-state index is -4.58. The van der Waals surface area contributed by atoms with Crippen LogP contribution in [0.1, 0.15) is 23.0 Å². The molecule has 0 spiro atoms. The van der Waals surface area contributed by atoms with Gasteiger partial charge in [-0.05, 0) is 31.2 Å². The van der Waals surface area contributed by atoms with Crippen molar-refractivity contribution in [1.29, 1.82) is 0 Å². The molecule has 0 aliphatic heterocycles. The fourth-order valence-electron chi connectivity index (χ4n) is 2.52. The minimum absolute atomic E-state index is 0.0113. The first-order valence-corrected chi connectivity index (χ1v) is 10.1. The van der Waals surface area contributed by atoms with Crippen LogP contribution in [0.4, 0.5) is 18.9 Å². The third-order valence-electron chi connectivity index (χ3n) is 4.01. The maximum atomic E-state index is 12.8. The summed E-state index contributed by atoms with van der Waals surface area (Å²) < 4.78 is 70.5. The predicted molar refractivity (Wildman–Crippen MR) is 101 cm³/mol. The van der Waals surface area contributed by atoms with E-state index in [1.54, 1.807) is 6.92 Å². The van der Waals surface area contributed by atoms with Gasteiger partial charge in [0.05, 0.1) is 18.7 Å². The van der Waals surface area contributed by atoms with Gasteiger partial charge in [-0.2, -0.15) is 17.5 Å². The number of ether oxygens (including phenoxy) is 1. The summed E-state index contributed by atoms with van der Waals surface area (Å²) in [6, 6.07) is 5.09. The number of hydrogen-bond donors (Lipinski definition) is 1. The van der Waals surface area contributed by atoms with Gasteiger partial charge in [-0.3, -0.25) is 4.79 Å². The first-order chi connectivity index (χ1) is 13.9. The lowest BCUT2D eigenvalue weighted by Crippen LogP contribution is -2.34. The average molecular weight is 447 g/mol. The molecule has 12 heteroatoms. The molecule has 0 saturated heterocycles. The molecule has 0 saturated carbocycles. The third kappa shape index (κ3) is 5.39. The third-order valence-corrected chi connectivity index (χ3v) is 5.78. The highest BCUT2D eigenvalue weighted by atomic mass is 32.2. The Morgan fingerprint density at radius 1 is 1.23 bits per heavy atom. The van der Waals surface area contributed by atoms with Gasteiger partial charge in [0.2, 0.25) is 15.9 Å². The van der Waals surface area contributed by atoms with Gasteiger partial charge in [0.1, 0.15) is 10.6 Å². The first-order valence-electron chi connectivity index (χ1n) is 8.63. The monoisotopic (exact) mass is 447 g/mol. The van der Waals surface area contributed by atoms with E-state index in [-0.39, 0.29) is 22.9 Å². The maximum absolute atomic E-state index is 12.8. The maximum Gasteiger partial charge on any atom is 0.416 e. The van der Waals surface area contributed by atoms with Crippen LogP contribution in [-0.2, 0) is 32.8 Å². The Hall–Kier alpha value is -2.86. The van der Waals surface area contributed by atoms with Gasteiger partial charge in [-0.1, -0.05) is 6.07 Å². The molecule has 1 heterocycles. The number of hydrogen-bond acceptors (Lipinski definition) is 5. The Balaban J connectivity index is 2.13. The zero-order valence-electron chi connectivity index (χ0n) is 16.4. The highest BCUT2D eigenvalue weighted by molar-refractivity contribution is 7.89. The quantitative estimate of drug-likeness (QED) is 0.658. The van der Waals surface area contributed by atoms with Crippen LogP contribution < -0.4 is 5.32 Å². The molecule has 1 aromatic carbocycles. The first kappa shape index (κ1) is 23.4. The van der Waals surface area contributed by atoms with Crippen LogP contribution in [0, 0.1) is 0 Å². The van der Waals surface area contributed by atoms with Crippen molar-refractivity contribution >= 4 is 27.6 Å². The minimum Gasteiger partial charge on any atom is -0.461 e. The molecule has 164 valence electrons. The molecule has 0 unspecified atom stereocenters. The summed E-state index contributed by atoms with van der Waals surface area (Å²) in [5.41, 5.74) is -1.06. The second-order valence-corrected chi connectivity index (χ2v) is 8.33. The number of nitrogens with zero attached hydrogens (tertiary/aromatic N) is 2. The number of benzene rings is 1. The summed E-state index contributed by atoms with van der Waals surface area (Å²) in [7, 11) is -1.54. The van der Waals surface area contributed by atoms with E-state index >= 15 is 0 Å². The van der Waals surface area contributed by atoms with Crippen LogP contribution in [0.3, 0.4) is 0 Å². The smallest absolute Gasteiger partial charge is 0.416 e. The summed E-state index contributed by atoms with van der Waals surface area (Å²) >= 11 is 0. The van der Waals surface area contributed by atoms with Crippen molar-refractivity contribution in [2.24, 2.45) is 7.05 Å². The van der Waals surface area contributed by atoms with Gasteiger partial charge in [0.25, 0.3) is 0 Å². The van der Waals surface area contributed by atoms with E-state index in [4.69, 9.17) is 4.74 Å². The van der Waals surface area contributed by atoms with Gasteiger partial charge in [-0.15, -0.1) is 0 Å². The number of anilines is 1. The lowest BCUT2D eigenvalue weighted by atomic mass is 10.2. The second-order valence-electron chi connectivity index (χ2n) is 6.28. The summed E-state index contributed by atoms with van der Waals surface area (Å²) in [6.45, 7) is 1.07. The topological polar surface area (TPSA) is 97.7 Å². The zero-order chi connectivity index (χ0) is 22.7. The van der Waals surface area contributed by atoms with Crippen molar-refractivity contribution in [1.82, 2.24) is 8.87 Å². The number of likely N-dealkylation sites (N-methyl/N-ethyl adjacent to an activating group) is 1. The Morgan fingerprint density at radius 2 is 1.90 bits per heavy atom. The molecule has 0 aliphatic carbocycles. The van der Waals surface area contributed by atoms with E-state index in [1.807, 2.05) is 0 Å². The number of aryl methyl sites for hydroxylation is 1. The molecule has 2 aromatic rings. The molecule has 1 amide bonds. The fourth-order valence-corrected chi connectivity index (χ4v) is 3.72. The SMILES string of the molecule is CCOC(=O)c1cc(S(=O)(=O)N(C)CC(=O)Nc2cccc(C(F)(F)F)c2)cn1C. The number of carbonyl (C=O) groups excluding carboxylic acids is 2. The van der Waals surface area contributed by atoms with Crippen molar-refractivity contribution in [3.05, 3.63) is 47.8 Å². The van der Waals surface area contributed by atoms with Crippen molar-refractivity contribution in [2.75, 3.05) is 25.5 Å². The van der Waals surface area contributed by atoms with Gasteiger partial charge >= 0.3 is 12.1 Å². The van der Waals surface area contributed by atoms with Crippen molar-refractivity contribution in [3.63, 3.8) is 0 Å². The van der Waals surface area contributed by atoms with E-state index in [0.29, 0.717) is 0 Å². The molecule has 2 rings (SSSR count). The number of rotatable bonds is 7. The summed E-state index contributed by atoms with van der Waals surface area (Å²) in [5.74, 6) is -1.53. The number of sulfonamides is 1. The molecule has 0 atom stereocenters. The molecular weight excluding hydrogens is 427 g/mol. The number of halogens is 3. The van der Waals surface area contributed by atoms with Gasteiger partial charge < -0.3 is 14.6 Å². The lowest BCUT2D eigenvalue weighted by Gasteiger charge is -2.16. The van der Waals surface area contributed by atoms with E-state index in [9.17, 15) is 31.2 Å². The molecule has 0 bridgehead atoms. The van der Waals surface area contributed by atoms with Crippen LogP contribution in [-0.4, -0.2) is 49.4 Å². The number of amides is 1. The average Bonchev–Trinajstić information content (AvgIpc) is 3.04. The van der Waals surface area contributed by atoms with Gasteiger partial charge in [0, 0.05) is 26.0 Å². The normalized spacial score (nSPS) is 12.1. The van der Waals surface area contributed by atoms with E-state index < -0.39 is 40.2 Å². The summed E-state index contributed by atoms with van der Waals surface area (Å²) in [4.78, 5) is 23.8. The molecule has 0 fully saturated rings. The van der Waals surface area contributed by atoms with Crippen LogP contribution >= 0.6 is 0 Å². The number of alkyl halides is 3. The van der Waals surface area contributed by atoms with Crippen LogP contribution in [0.25, 0.3) is 0 Å². The molecule has 8 nitrogen and oxygen atoms in total. The number of carbonyl (C=O) groups is 2. The molecular formula is C18H20F3N3O5S. The van der Waals surface area contributed by atoms with E-state index in [2.05, 4.69) is 5.32 Å². The van der Waals surface area contributed by atoms with Gasteiger partial charge in [0.15, 0.2) is 0 Å². The molecule has 1 aromatic heterocycles. The lowest BCUT2D eigenvalue weighted by molar-refractivity contribution is -0.137. The standard InChI is InChI=1S/C18H20F3N3O5S/c1-4-29-17(26)15-9-14(10-23(15)2)30(27,28)24(3)11-16(25)22-13-7-5-6-12(8-13)18(19,20)21/h5-10H,4,11H2,1-3H3,(H,22,25). The Kier molecular flexibility index (Phi) is 6.93. The predicted octanol–water partition coefficient (Wildman–Crippen LogP) is 2.48. The zero-order valence-corrected chi connectivity index (χ0v) is 17.2. The largest absolute Gasteiger partial charge is 0.461 e. The number of esters is 1. The summed E-state index contributed by atoms with van der Waals surface area (Å²) in [5, 5.41) is 2.24. The van der Waals surface area contributed by atoms with Crippen molar-refractivity contribution < 1.29 is 35.9 Å². The van der Waals surface area contributed by atoms with Crippen LogP contribution in [0.15, 0.2) is 41.4 Å². The van der Waals surface area contributed by atoms with Crippen molar-refractivity contribution in [3.8, 4) is 0 Å². The van der Waals surface area contributed by atoms with Crippen LogP contribution in [0.2, 0.25) is 0 Å². The second kappa shape index (κ2) is 8.88. The van der Waals surface area contributed by atoms with E-state index in [0.717, 1.165) is 35.6 Å². The van der Waals surface area contributed by atoms with Gasteiger partial charge in [-0.25, -0.2) is 13.2 Å². The van der Waals surface area contributed by atoms with Crippen molar-refractivity contribution in [2.45, 2.75) is 18.0 Å². The van der Waals surface area contributed by atoms with E-state index in [1.165, 1.54) is 23.9 Å². The number of aromatic nitrogens is 1. The Labute approximate surface area is 171 Å². The highest BCUT2D eigenvalue weighted by Gasteiger charge is 2.31. The molecule has 1 N–H and O–H groups in total. The number of nitrogens with one attached hydrogen (secondary N) is 1. The fraction of sp³-hybridized carbons (Fsp3) is 0.333. The highest BCUT2D eigenvalue weighted by Crippen LogP contribution is 2.30. The molecule has 30 heavy (non-hydrogen) atoms. The molecule has 0 radical (unpaired) electrons. The molecule has 0 aliphatic rings. The summed E-state index contributed by atoms with van der Waals surface area (Å²) in [6.07, 6.45) is -3.38. The van der Waals surface area contributed by atoms with Crippen LogP contribution in [0.5, 0.6) is 0 Å².